The number of rotatable bonds is 2. The van der Waals surface area contributed by atoms with Crippen LogP contribution in [0.25, 0.3) is 0 Å². The molecule has 0 nitrogen and oxygen atoms in total. The van der Waals surface area contributed by atoms with E-state index < -0.39 is 0 Å². The van der Waals surface area contributed by atoms with Gasteiger partial charge in [0.25, 0.3) is 0 Å². The molecule has 1 atom stereocenters. The van der Waals surface area contributed by atoms with Crippen molar-refractivity contribution in [2.24, 2.45) is 0 Å². The normalized spacial score (nSPS) is 12.8. The van der Waals surface area contributed by atoms with Crippen molar-refractivity contribution in [1.29, 1.82) is 0 Å². The molecule has 0 N–H and O–H groups in total. The topological polar surface area (TPSA) is 0 Å². The van der Waals surface area contributed by atoms with E-state index in [4.69, 9.17) is 23.2 Å². The van der Waals surface area contributed by atoms with Gasteiger partial charge >= 0.3 is 0 Å². The van der Waals surface area contributed by atoms with E-state index in [9.17, 15) is 4.39 Å². The van der Waals surface area contributed by atoms with Crippen molar-refractivity contribution in [1.82, 2.24) is 0 Å². The second-order valence-corrected chi connectivity index (χ2v) is 7.28. The number of benzene rings is 1. The maximum absolute atomic E-state index is 13.4. The SMILES string of the molecule is Fc1cccc(C(Br)c2cc(Cl)sc2Cl)c1Br. The molecule has 6 heteroatoms. The lowest BCUT2D eigenvalue weighted by Gasteiger charge is -2.11. The molecule has 1 heterocycles. The van der Waals surface area contributed by atoms with Gasteiger partial charge in [-0.15, -0.1) is 11.3 Å². The first kappa shape index (κ1) is 13.8. The lowest BCUT2D eigenvalue weighted by molar-refractivity contribution is 0.619. The molecule has 0 radical (unpaired) electrons. The van der Waals surface area contributed by atoms with Crippen LogP contribution >= 0.6 is 66.4 Å². The molecule has 2 aromatic rings. The van der Waals surface area contributed by atoms with Crippen LogP contribution in [0.4, 0.5) is 4.39 Å². The average Bonchev–Trinajstić information content (AvgIpc) is 2.61. The van der Waals surface area contributed by atoms with E-state index in [1.54, 1.807) is 12.1 Å². The molecule has 1 aromatic heterocycles. The predicted molar refractivity (Wildman–Crippen MR) is 79.2 cm³/mol. The summed E-state index contributed by atoms with van der Waals surface area (Å²) in [6.45, 7) is 0. The van der Waals surface area contributed by atoms with Crippen LogP contribution in [0.5, 0.6) is 0 Å². The maximum Gasteiger partial charge on any atom is 0.137 e. The van der Waals surface area contributed by atoms with E-state index in [0.717, 1.165) is 11.1 Å². The fourth-order valence-electron chi connectivity index (χ4n) is 1.41. The van der Waals surface area contributed by atoms with Crippen molar-refractivity contribution in [2.45, 2.75) is 4.83 Å². The van der Waals surface area contributed by atoms with Gasteiger partial charge in [0, 0.05) is 5.56 Å². The second kappa shape index (κ2) is 5.57. The van der Waals surface area contributed by atoms with Gasteiger partial charge in [0.05, 0.1) is 18.0 Å². The van der Waals surface area contributed by atoms with Crippen LogP contribution in [0, 0.1) is 5.82 Å². The van der Waals surface area contributed by atoms with Gasteiger partial charge in [0.1, 0.15) is 5.82 Å². The summed E-state index contributed by atoms with van der Waals surface area (Å²) < 4.78 is 15.1. The van der Waals surface area contributed by atoms with Gasteiger partial charge in [0.2, 0.25) is 0 Å². The molecule has 0 aliphatic heterocycles. The van der Waals surface area contributed by atoms with Crippen molar-refractivity contribution < 1.29 is 4.39 Å². The molecule has 0 bridgehead atoms. The highest BCUT2D eigenvalue weighted by atomic mass is 79.9. The molecular formula is C11H5Br2Cl2FS. The summed E-state index contributed by atoms with van der Waals surface area (Å²) in [7, 11) is 0. The first-order chi connectivity index (χ1) is 8.00. The van der Waals surface area contributed by atoms with E-state index in [0.29, 0.717) is 13.1 Å². The minimum Gasteiger partial charge on any atom is -0.206 e. The van der Waals surface area contributed by atoms with Gasteiger partial charge in [-0.3, -0.25) is 0 Å². The largest absolute Gasteiger partial charge is 0.206 e. The van der Waals surface area contributed by atoms with E-state index >= 15 is 0 Å². The Bertz CT molecular complexity index is 556. The van der Waals surface area contributed by atoms with Gasteiger partial charge in [-0.1, -0.05) is 51.3 Å². The standard InChI is InChI=1S/C11H5Br2Cl2FS/c12-9(6-4-8(14)17-11(6)15)5-2-1-3-7(16)10(5)13/h1-4,9H. The molecule has 0 aliphatic rings. The highest BCUT2D eigenvalue weighted by molar-refractivity contribution is 9.11. The third-order valence-corrected chi connectivity index (χ3v) is 5.55. The molecule has 0 fully saturated rings. The minimum absolute atomic E-state index is 0.191. The lowest BCUT2D eigenvalue weighted by Crippen LogP contribution is -1.94. The van der Waals surface area contributed by atoms with Gasteiger partial charge in [-0.05, 0) is 33.6 Å². The number of halogens is 5. The quantitative estimate of drug-likeness (QED) is 0.492. The predicted octanol–water partition coefficient (Wildman–Crippen LogP) is 6.44. The Labute approximate surface area is 129 Å². The Morgan fingerprint density at radius 2 is 1.94 bits per heavy atom. The smallest absolute Gasteiger partial charge is 0.137 e. The van der Waals surface area contributed by atoms with Crippen LogP contribution in [0.15, 0.2) is 28.7 Å². The minimum atomic E-state index is -0.301. The summed E-state index contributed by atoms with van der Waals surface area (Å²) in [4.78, 5) is -0.191. The summed E-state index contributed by atoms with van der Waals surface area (Å²) in [5, 5.41) is 0. The van der Waals surface area contributed by atoms with E-state index in [1.807, 2.05) is 6.07 Å². The van der Waals surface area contributed by atoms with Gasteiger partial charge in [0.15, 0.2) is 0 Å². The van der Waals surface area contributed by atoms with E-state index in [2.05, 4.69) is 31.9 Å². The first-order valence-electron chi connectivity index (χ1n) is 4.53. The van der Waals surface area contributed by atoms with Crippen LogP contribution in [-0.4, -0.2) is 0 Å². The Kier molecular flexibility index (Phi) is 4.53. The molecule has 1 unspecified atom stereocenters. The zero-order valence-corrected chi connectivity index (χ0v) is 13.7. The highest BCUT2D eigenvalue weighted by Crippen LogP contribution is 2.43. The molecule has 1 aromatic carbocycles. The fraction of sp³-hybridized carbons (Fsp3) is 0.0909. The molecule has 0 amide bonds. The number of thiophene rings is 1. The molecule has 2 rings (SSSR count). The Morgan fingerprint density at radius 3 is 2.53 bits per heavy atom. The Hall–Kier alpha value is 0.390. The molecule has 0 spiro atoms. The average molecular weight is 419 g/mol. The number of alkyl halides is 1. The van der Waals surface area contributed by atoms with Crippen LogP contribution in [0.2, 0.25) is 8.67 Å². The Morgan fingerprint density at radius 1 is 1.24 bits per heavy atom. The number of hydrogen-bond acceptors (Lipinski definition) is 1. The molecule has 0 saturated heterocycles. The zero-order chi connectivity index (χ0) is 12.6. The third-order valence-electron chi connectivity index (χ3n) is 2.21. The van der Waals surface area contributed by atoms with Crippen LogP contribution in [0.1, 0.15) is 16.0 Å². The zero-order valence-electron chi connectivity index (χ0n) is 8.18. The number of hydrogen-bond donors (Lipinski definition) is 0. The molecule has 0 aliphatic carbocycles. The molecule has 0 saturated carbocycles. The van der Waals surface area contributed by atoms with Crippen LogP contribution in [-0.2, 0) is 0 Å². The summed E-state index contributed by atoms with van der Waals surface area (Å²) in [6.07, 6.45) is 0. The summed E-state index contributed by atoms with van der Waals surface area (Å²) in [5.74, 6) is -0.301. The summed E-state index contributed by atoms with van der Waals surface area (Å²) in [6, 6.07) is 6.67. The monoisotopic (exact) mass is 416 g/mol. The summed E-state index contributed by atoms with van der Waals surface area (Å²) >= 11 is 20.0. The lowest BCUT2D eigenvalue weighted by atomic mass is 10.1. The van der Waals surface area contributed by atoms with Gasteiger partial charge in [-0.25, -0.2) is 4.39 Å². The van der Waals surface area contributed by atoms with Gasteiger partial charge in [-0.2, -0.15) is 0 Å². The van der Waals surface area contributed by atoms with Crippen molar-refractivity contribution >= 4 is 66.4 Å². The molecule has 17 heavy (non-hydrogen) atoms. The van der Waals surface area contributed by atoms with Crippen molar-refractivity contribution in [2.75, 3.05) is 0 Å². The third kappa shape index (κ3) is 2.87. The summed E-state index contributed by atoms with van der Waals surface area (Å²) in [5.41, 5.74) is 1.62. The Balaban J connectivity index is 2.47. The van der Waals surface area contributed by atoms with Crippen LogP contribution < -0.4 is 0 Å². The molecular weight excluding hydrogens is 414 g/mol. The maximum atomic E-state index is 13.4. The molecule has 90 valence electrons. The second-order valence-electron chi connectivity index (χ2n) is 3.29. The van der Waals surface area contributed by atoms with Gasteiger partial charge < -0.3 is 0 Å². The fourth-order valence-corrected chi connectivity index (χ4v) is 4.77. The van der Waals surface area contributed by atoms with E-state index in [-0.39, 0.29) is 10.6 Å². The van der Waals surface area contributed by atoms with Crippen molar-refractivity contribution in [3.8, 4) is 0 Å². The van der Waals surface area contributed by atoms with Crippen LogP contribution in [0.3, 0.4) is 0 Å². The van der Waals surface area contributed by atoms with Crippen molar-refractivity contribution in [3.05, 3.63) is 54.4 Å². The first-order valence-corrected chi connectivity index (χ1v) is 7.81. The van der Waals surface area contributed by atoms with E-state index in [1.165, 1.54) is 17.4 Å². The highest BCUT2D eigenvalue weighted by Gasteiger charge is 2.20. The van der Waals surface area contributed by atoms with Crippen molar-refractivity contribution in [3.63, 3.8) is 0 Å².